The van der Waals surface area contributed by atoms with E-state index in [1.54, 1.807) is 0 Å². The summed E-state index contributed by atoms with van der Waals surface area (Å²) in [7, 11) is 0. The monoisotopic (exact) mass is 396 g/mol. The molecule has 8 heteroatoms. The molecule has 1 aromatic carbocycles. The Bertz CT molecular complexity index is 474. The van der Waals surface area contributed by atoms with Crippen molar-refractivity contribution in [3.8, 4) is 0 Å². The molecule has 1 rings (SSSR count). The number of aliphatic carboxylic acids is 1. The molecule has 2 amide bonds. The molecule has 0 aliphatic carbocycles. The number of halogens is 3. The van der Waals surface area contributed by atoms with Gasteiger partial charge in [-0.1, -0.05) is 0 Å². The van der Waals surface area contributed by atoms with E-state index in [1.165, 1.54) is 12.1 Å². The van der Waals surface area contributed by atoms with Crippen LogP contribution in [-0.2, 0) is 4.79 Å². The number of carboxylic acids is 1. The lowest BCUT2D eigenvalue weighted by Gasteiger charge is -2.10. The summed E-state index contributed by atoms with van der Waals surface area (Å²) in [4.78, 5) is 21.8. The third-order valence-electron chi connectivity index (χ3n) is 2.10. The number of amides is 2. The predicted octanol–water partition coefficient (Wildman–Crippen LogP) is 3.34. The standard InChI is InChI=1S/C11H11Br2FN2O3/c12-7-4-6(14)5-8(13)10(7)16-11(19)15-3-1-2-9(17)18/h4-5H,1-3H2,(H,17,18)(H2,15,16,19). The molecule has 0 spiro atoms. The summed E-state index contributed by atoms with van der Waals surface area (Å²) in [6, 6.07) is 1.97. The molecule has 0 heterocycles. The van der Waals surface area contributed by atoms with E-state index in [9.17, 15) is 14.0 Å². The Morgan fingerprint density at radius 1 is 1.26 bits per heavy atom. The van der Waals surface area contributed by atoms with Crippen molar-refractivity contribution in [2.45, 2.75) is 12.8 Å². The largest absolute Gasteiger partial charge is 0.481 e. The van der Waals surface area contributed by atoms with Crippen LogP contribution in [-0.4, -0.2) is 23.7 Å². The molecule has 0 aromatic heterocycles. The Balaban J connectivity index is 2.51. The molecule has 0 unspecified atom stereocenters. The number of benzene rings is 1. The lowest BCUT2D eigenvalue weighted by Crippen LogP contribution is -2.30. The summed E-state index contributed by atoms with van der Waals surface area (Å²) in [5.41, 5.74) is 0.400. The first kappa shape index (κ1) is 15.9. The van der Waals surface area contributed by atoms with Gasteiger partial charge in [0, 0.05) is 21.9 Å². The summed E-state index contributed by atoms with van der Waals surface area (Å²) in [6.07, 6.45) is 0.332. The van der Waals surface area contributed by atoms with E-state index in [2.05, 4.69) is 42.5 Å². The van der Waals surface area contributed by atoms with E-state index in [0.717, 1.165) is 0 Å². The van der Waals surface area contributed by atoms with Gasteiger partial charge in [0.05, 0.1) is 5.69 Å². The van der Waals surface area contributed by atoms with Crippen molar-refractivity contribution in [1.82, 2.24) is 5.32 Å². The predicted molar refractivity (Wildman–Crippen MR) is 75.7 cm³/mol. The molecule has 0 radical (unpaired) electrons. The second-order valence-electron chi connectivity index (χ2n) is 3.62. The van der Waals surface area contributed by atoms with Gasteiger partial charge in [-0.15, -0.1) is 0 Å². The summed E-state index contributed by atoms with van der Waals surface area (Å²) >= 11 is 6.27. The lowest BCUT2D eigenvalue weighted by molar-refractivity contribution is -0.137. The zero-order chi connectivity index (χ0) is 14.4. The van der Waals surface area contributed by atoms with E-state index >= 15 is 0 Å². The molecule has 0 fully saturated rings. The van der Waals surface area contributed by atoms with Crippen molar-refractivity contribution >= 4 is 49.5 Å². The van der Waals surface area contributed by atoms with Crippen LogP contribution in [0.5, 0.6) is 0 Å². The second kappa shape index (κ2) is 7.44. The van der Waals surface area contributed by atoms with Gasteiger partial charge in [-0.25, -0.2) is 9.18 Å². The Kier molecular flexibility index (Phi) is 6.23. The quantitative estimate of drug-likeness (QED) is 0.666. The van der Waals surface area contributed by atoms with Crippen molar-refractivity contribution in [2.24, 2.45) is 0 Å². The number of rotatable bonds is 5. The minimum atomic E-state index is -0.911. The Hall–Kier alpha value is -1.15. The molecular weight excluding hydrogens is 387 g/mol. The number of hydrogen-bond donors (Lipinski definition) is 3. The molecular formula is C11H11Br2FN2O3. The van der Waals surface area contributed by atoms with Gasteiger partial charge in [-0.2, -0.15) is 0 Å². The van der Waals surface area contributed by atoms with Crippen LogP contribution in [0.1, 0.15) is 12.8 Å². The van der Waals surface area contributed by atoms with E-state index < -0.39 is 17.8 Å². The molecule has 0 atom stereocenters. The molecule has 104 valence electrons. The smallest absolute Gasteiger partial charge is 0.319 e. The highest BCUT2D eigenvalue weighted by Gasteiger charge is 2.10. The van der Waals surface area contributed by atoms with Crippen LogP contribution in [0.25, 0.3) is 0 Å². The first-order valence-corrected chi connectivity index (χ1v) is 6.90. The first-order chi connectivity index (χ1) is 8.90. The fourth-order valence-electron chi connectivity index (χ4n) is 1.26. The maximum atomic E-state index is 13.0. The van der Waals surface area contributed by atoms with Crippen LogP contribution < -0.4 is 10.6 Å². The van der Waals surface area contributed by atoms with Gasteiger partial charge in [0.25, 0.3) is 0 Å². The van der Waals surface area contributed by atoms with Gasteiger partial charge >= 0.3 is 12.0 Å². The van der Waals surface area contributed by atoms with Crippen molar-refractivity contribution in [3.05, 3.63) is 26.9 Å². The average molecular weight is 398 g/mol. The lowest BCUT2D eigenvalue weighted by atomic mass is 10.3. The van der Waals surface area contributed by atoms with Gasteiger partial charge in [-0.05, 0) is 50.4 Å². The zero-order valence-electron chi connectivity index (χ0n) is 9.67. The Labute approximate surface area is 125 Å². The van der Waals surface area contributed by atoms with Crippen molar-refractivity contribution in [2.75, 3.05) is 11.9 Å². The molecule has 0 saturated carbocycles. The molecule has 0 aliphatic heterocycles. The molecule has 3 N–H and O–H groups in total. The summed E-state index contributed by atoms with van der Waals surface area (Å²) < 4.78 is 13.8. The Morgan fingerprint density at radius 2 is 1.84 bits per heavy atom. The minimum Gasteiger partial charge on any atom is -0.481 e. The Morgan fingerprint density at radius 3 is 2.37 bits per heavy atom. The molecule has 5 nitrogen and oxygen atoms in total. The van der Waals surface area contributed by atoms with E-state index in [0.29, 0.717) is 21.1 Å². The number of carbonyl (C=O) groups is 2. The van der Waals surface area contributed by atoms with E-state index in [1.807, 2.05) is 0 Å². The summed E-state index contributed by atoms with van der Waals surface area (Å²) in [5, 5.41) is 13.5. The van der Waals surface area contributed by atoms with Crippen molar-refractivity contribution in [1.29, 1.82) is 0 Å². The number of carboxylic acid groups (broad SMARTS) is 1. The van der Waals surface area contributed by atoms with E-state index in [4.69, 9.17) is 5.11 Å². The fraction of sp³-hybridized carbons (Fsp3) is 0.273. The number of hydrogen-bond acceptors (Lipinski definition) is 2. The molecule has 19 heavy (non-hydrogen) atoms. The van der Waals surface area contributed by atoms with E-state index in [-0.39, 0.29) is 13.0 Å². The van der Waals surface area contributed by atoms with Crippen LogP contribution in [0.2, 0.25) is 0 Å². The van der Waals surface area contributed by atoms with Crippen molar-refractivity contribution < 1.29 is 19.1 Å². The number of carbonyl (C=O) groups excluding carboxylic acids is 1. The second-order valence-corrected chi connectivity index (χ2v) is 5.33. The minimum absolute atomic E-state index is 0.00971. The topological polar surface area (TPSA) is 78.4 Å². The first-order valence-electron chi connectivity index (χ1n) is 5.31. The van der Waals surface area contributed by atoms with Crippen LogP contribution >= 0.6 is 31.9 Å². The van der Waals surface area contributed by atoms with Crippen LogP contribution in [0.15, 0.2) is 21.1 Å². The molecule has 1 aromatic rings. The maximum Gasteiger partial charge on any atom is 0.319 e. The summed E-state index contributed by atoms with van der Waals surface area (Å²) in [5.74, 6) is -1.35. The van der Waals surface area contributed by atoms with Crippen LogP contribution in [0.4, 0.5) is 14.9 Å². The molecule has 0 bridgehead atoms. The van der Waals surface area contributed by atoms with Crippen LogP contribution in [0, 0.1) is 5.82 Å². The zero-order valence-corrected chi connectivity index (χ0v) is 12.8. The normalized spacial score (nSPS) is 10.1. The number of urea groups is 1. The number of anilines is 1. The summed E-state index contributed by atoms with van der Waals surface area (Å²) in [6.45, 7) is 0.245. The highest BCUT2D eigenvalue weighted by molar-refractivity contribution is 9.11. The highest BCUT2D eigenvalue weighted by Crippen LogP contribution is 2.31. The highest BCUT2D eigenvalue weighted by atomic mass is 79.9. The van der Waals surface area contributed by atoms with Gasteiger partial charge in [0.15, 0.2) is 0 Å². The molecule has 0 saturated heterocycles. The molecule has 0 aliphatic rings. The third kappa shape index (κ3) is 5.56. The van der Waals surface area contributed by atoms with Crippen LogP contribution in [0.3, 0.4) is 0 Å². The average Bonchev–Trinajstić information content (AvgIpc) is 2.29. The van der Waals surface area contributed by atoms with Gasteiger partial charge in [0.1, 0.15) is 5.82 Å². The van der Waals surface area contributed by atoms with Gasteiger partial charge in [-0.3, -0.25) is 4.79 Å². The van der Waals surface area contributed by atoms with Crippen molar-refractivity contribution in [3.63, 3.8) is 0 Å². The fourth-order valence-corrected chi connectivity index (χ4v) is 2.59. The van der Waals surface area contributed by atoms with Gasteiger partial charge < -0.3 is 15.7 Å². The SMILES string of the molecule is O=C(O)CCCNC(=O)Nc1c(Br)cc(F)cc1Br. The number of nitrogens with one attached hydrogen (secondary N) is 2. The third-order valence-corrected chi connectivity index (χ3v) is 3.35. The maximum absolute atomic E-state index is 13.0. The van der Waals surface area contributed by atoms with Gasteiger partial charge in [0.2, 0.25) is 0 Å².